The Morgan fingerprint density at radius 1 is 1.62 bits per heavy atom. The Balaban J connectivity index is 2.96. The van der Waals surface area contributed by atoms with Gasteiger partial charge in [-0.3, -0.25) is 0 Å². The van der Waals surface area contributed by atoms with E-state index in [0.29, 0.717) is 6.08 Å². The van der Waals surface area contributed by atoms with Crippen molar-refractivity contribution in [1.82, 2.24) is 9.55 Å². The third-order valence-corrected chi connectivity index (χ3v) is 1.41. The number of aliphatic hydroxyl groups excluding tert-OH is 1. The fourth-order valence-electron chi connectivity index (χ4n) is 0.720. The lowest BCUT2D eigenvalue weighted by Crippen LogP contribution is -2.11. The van der Waals surface area contributed by atoms with E-state index < -0.39 is 11.9 Å². The zero-order valence-electron chi connectivity index (χ0n) is 6.71. The lowest BCUT2D eigenvalue weighted by molar-refractivity contribution is -0.119. The minimum absolute atomic E-state index is 0.0508. The van der Waals surface area contributed by atoms with Gasteiger partial charge in [0, 0.05) is 25.5 Å². The van der Waals surface area contributed by atoms with Gasteiger partial charge in [-0.15, -0.1) is 0 Å². The minimum atomic E-state index is -4.72. The number of halogens is 3. The molecule has 3 nitrogen and oxygen atoms in total. The second kappa shape index (κ2) is 3.12. The largest absolute Gasteiger partial charge is 0.504 e. The van der Waals surface area contributed by atoms with Gasteiger partial charge >= 0.3 is 6.18 Å². The van der Waals surface area contributed by atoms with Crippen LogP contribution in [0.15, 0.2) is 18.2 Å². The summed E-state index contributed by atoms with van der Waals surface area (Å²) in [5, 5.41) is 8.56. The molecule has 1 heterocycles. The van der Waals surface area contributed by atoms with Crippen molar-refractivity contribution in [3.05, 3.63) is 24.0 Å². The predicted molar refractivity (Wildman–Crippen MR) is 39.9 cm³/mol. The zero-order valence-corrected chi connectivity index (χ0v) is 6.71. The highest BCUT2D eigenvalue weighted by molar-refractivity contribution is 5.44. The van der Waals surface area contributed by atoms with Crippen molar-refractivity contribution in [1.29, 1.82) is 0 Å². The first-order chi connectivity index (χ1) is 5.91. The third kappa shape index (κ3) is 2.24. The van der Waals surface area contributed by atoms with Crippen molar-refractivity contribution in [2.75, 3.05) is 0 Å². The molecular weight excluding hydrogens is 185 g/mol. The van der Waals surface area contributed by atoms with Crippen LogP contribution in [0.5, 0.6) is 0 Å². The van der Waals surface area contributed by atoms with E-state index in [1.165, 1.54) is 24.0 Å². The molecule has 1 aromatic heterocycles. The van der Waals surface area contributed by atoms with Crippen molar-refractivity contribution < 1.29 is 18.3 Å². The van der Waals surface area contributed by atoms with Crippen LogP contribution in [0.2, 0.25) is 0 Å². The van der Waals surface area contributed by atoms with Crippen molar-refractivity contribution in [2.24, 2.45) is 7.05 Å². The molecule has 0 aliphatic rings. The van der Waals surface area contributed by atoms with Gasteiger partial charge in [0.15, 0.2) is 0 Å². The number of imidazole rings is 1. The van der Waals surface area contributed by atoms with E-state index in [4.69, 9.17) is 5.11 Å². The number of hydrogen-bond donors (Lipinski definition) is 1. The Kier molecular flexibility index (Phi) is 2.31. The Morgan fingerprint density at radius 2 is 2.23 bits per heavy atom. The van der Waals surface area contributed by atoms with Crippen molar-refractivity contribution >= 4 is 6.08 Å². The molecule has 0 fully saturated rings. The second-order valence-electron chi connectivity index (χ2n) is 2.42. The number of alkyl halides is 3. The molecule has 0 saturated carbocycles. The average Bonchev–Trinajstić information content (AvgIpc) is 2.34. The lowest BCUT2D eigenvalue weighted by atomic mass is 10.4. The molecule has 0 aliphatic carbocycles. The molecule has 0 saturated heterocycles. The van der Waals surface area contributed by atoms with Gasteiger partial charge in [-0.25, -0.2) is 4.98 Å². The molecule has 0 radical (unpaired) electrons. The smallest absolute Gasteiger partial charge is 0.448 e. The first-order valence-electron chi connectivity index (χ1n) is 3.36. The molecule has 0 bridgehead atoms. The summed E-state index contributed by atoms with van der Waals surface area (Å²) < 4.78 is 36.8. The highest BCUT2D eigenvalue weighted by Gasteiger charge is 2.33. The summed E-state index contributed by atoms with van der Waals surface area (Å²) in [5.41, 5.74) is 0. The quantitative estimate of drug-likeness (QED) is 0.690. The molecule has 1 N–H and O–H groups in total. The second-order valence-corrected chi connectivity index (χ2v) is 2.42. The highest BCUT2D eigenvalue weighted by atomic mass is 19.4. The monoisotopic (exact) mass is 192 g/mol. The van der Waals surface area contributed by atoms with Crippen LogP contribution in [0.1, 0.15) is 5.82 Å². The summed E-state index contributed by atoms with van der Waals surface area (Å²) in [7, 11) is 1.53. The first-order valence-corrected chi connectivity index (χ1v) is 3.36. The summed E-state index contributed by atoms with van der Waals surface area (Å²) in [4.78, 5) is 3.60. The standard InChI is InChI=1S/C7H7F3N2O/c1-12-3-2-11-6(12)4-5(13)7(8,9)10/h2-4,13H,1H3. The molecule has 0 unspecified atom stereocenters. The molecule has 13 heavy (non-hydrogen) atoms. The van der Waals surface area contributed by atoms with E-state index in [1.807, 2.05) is 0 Å². The van der Waals surface area contributed by atoms with Crippen LogP contribution < -0.4 is 0 Å². The van der Waals surface area contributed by atoms with Crippen LogP contribution in [0.4, 0.5) is 13.2 Å². The van der Waals surface area contributed by atoms with Gasteiger partial charge in [-0.05, 0) is 0 Å². The maximum absolute atomic E-state index is 11.8. The first kappa shape index (κ1) is 9.63. The molecule has 0 atom stereocenters. The maximum atomic E-state index is 11.8. The van der Waals surface area contributed by atoms with E-state index in [1.54, 1.807) is 0 Å². The van der Waals surface area contributed by atoms with Crippen molar-refractivity contribution in [3.8, 4) is 0 Å². The van der Waals surface area contributed by atoms with E-state index in [9.17, 15) is 13.2 Å². The predicted octanol–water partition coefficient (Wildman–Crippen LogP) is 1.88. The van der Waals surface area contributed by atoms with Crippen LogP contribution in [0.3, 0.4) is 0 Å². The van der Waals surface area contributed by atoms with Crippen LogP contribution in [0, 0.1) is 0 Å². The number of aromatic nitrogens is 2. The van der Waals surface area contributed by atoms with E-state index in [2.05, 4.69) is 4.98 Å². The molecule has 0 aromatic carbocycles. The topological polar surface area (TPSA) is 38.0 Å². The van der Waals surface area contributed by atoms with Gasteiger partial charge in [0.1, 0.15) is 5.82 Å². The number of nitrogens with zero attached hydrogens (tertiary/aromatic N) is 2. The van der Waals surface area contributed by atoms with Crippen molar-refractivity contribution in [3.63, 3.8) is 0 Å². The van der Waals surface area contributed by atoms with E-state index >= 15 is 0 Å². The number of aliphatic hydroxyl groups is 1. The highest BCUT2D eigenvalue weighted by Crippen LogP contribution is 2.24. The fourth-order valence-corrected chi connectivity index (χ4v) is 0.720. The zero-order chi connectivity index (χ0) is 10.1. The SMILES string of the molecule is Cn1ccnc1C=C(O)C(F)(F)F. The number of rotatable bonds is 1. The Labute approximate surface area is 72.1 Å². The van der Waals surface area contributed by atoms with Crippen LogP contribution >= 0.6 is 0 Å². The fraction of sp³-hybridized carbons (Fsp3) is 0.286. The number of aryl methyl sites for hydroxylation is 1. The molecule has 0 amide bonds. The van der Waals surface area contributed by atoms with E-state index in [-0.39, 0.29) is 5.82 Å². The Bertz CT molecular complexity index is 327. The van der Waals surface area contributed by atoms with Gasteiger partial charge in [-0.1, -0.05) is 0 Å². The Hall–Kier alpha value is -1.46. The van der Waals surface area contributed by atoms with Gasteiger partial charge in [0.25, 0.3) is 0 Å². The van der Waals surface area contributed by atoms with Crippen LogP contribution in [0.25, 0.3) is 6.08 Å². The van der Waals surface area contributed by atoms with Gasteiger partial charge in [0.05, 0.1) is 0 Å². The minimum Gasteiger partial charge on any atom is -0.504 e. The van der Waals surface area contributed by atoms with E-state index in [0.717, 1.165) is 0 Å². The number of allylic oxidation sites excluding steroid dienone is 1. The average molecular weight is 192 g/mol. The summed E-state index contributed by atoms with van der Waals surface area (Å²) in [5.74, 6) is -1.60. The normalized spacial score (nSPS) is 13.4. The molecule has 72 valence electrons. The lowest BCUT2D eigenvalue weighted by Gasteiger charge is -2.03. The molecule has 1 rings (SSSR count). The van der Waals surface area contributed by atoms with Crippen LogP contribution in [-0.2, 0) is 7.05 Å². The van der Waals surface area contributed by atoms with Gasteiger partial charge < -0.3 is 9.67 Å². The molecule has 1 aromatic rings. The van der Waals surface area contributed by atoms with Crippen molar-refractivity contribution in [2.45, 2.75) is 6.18 Å². The Morgan fingerprint density at radius 3 is 2.62 bits per heavy atom. The van der Waals surface area contributed by atoms with Gasteiger partial charge in [-0.2, -0.15) is 13.2 Å². The molecule has 6 heteroatoms. The maximum Gasteiger partial charge on any atom is 0.448 e. The summed E-state index contributed by atoms with van der Waals surface area (Å²) in [6.07, 6.45) is -1.32. The van der Waals surface area contributed by atoms with Crippen LogP contribution in [-0.4, -0.2) is 20.8 Å². The molecule has 0 spiro atoms. The summed E-state index contributed by atoms with van der Waals surface area (Å²) in [6, 6.07) is 0. The van der Waals surface area contributed by atoms with Gasteiger partial charge in [0.2, 0.25) is 5.76 Å². The molecular formula is C7H7F3N2O. The third-order valence-electron chi connectivity index (χ3n) is 1.41. The summed E-state index contributed by atoms with van der Waals surface area (Å²) in [6.45, 7) is 0. The number of hydrogen-bond acceptors (Lipinski definition) is 2. The molecule has 0 aliphatic heterocycles. The summed E-state index contributed by atoms with van der Waals surface area (Å²) >= 11 is 0.